The van der Waals surface area contributed by atoms with Crippen molar-refractivity contribution < 1.29 is 27.2 Å². The molecule has 2 saturated heterocycles. The molecule has 2 fully saturated rings. The fourth-order valence-electron chi connectivity index (χ4n) is 3.90. The number of aromatic nitrogens is 2. The highest BCUT2D eigenvalue weighted by Gasteiger charge is 2.32. The number of hydrogen-bond donors (Lipinski definition) is 0. The monoisotopic (exact) mass is 424 g/mol. The molecule has 30 heavy (non-hydrogen) atoms. The summed E-state index contributed by atoms with van der Waals surface area (Å²) in [5.74, 6) is 0.511. The van der Waals surface area contributed by atoms with Crippen LogP contribution in [-0.4, -0.2) is 65.2 Å². The Bertz CT molecular complexity index is 880. The first-order valence-electron chi connectivity index (χ1n) is 9.99. The van der Waals surface area contributed by atoms with Crippen LogP contribution in [0.5, 0.6) is 0 Å². The number of morpholine rings is 1. The highest BCUT2D eigenvalue weighted by atomic mass is 19.4. The third-order valence-corrected chi connectivity index (χ3v) is 5.45. The van der Waals surface area contributed by atoms with E-state index in [1.807, 2.05) is 4.90 Å². The second kappa shape index (κ2) is 8.73. The summed E-state index contributed by atoms with van der Waals surface area (Å²) in [6.07, 6.45) is -2.71. The molecule has 0 N–H and O–H groups in total. The number of nitrogens with zero attached hydrogens (tertiary/aromatic N) is 4. The summed E-state index contributed by atoms with van der Waals surface area (Å²) in [5.41, 5.74) is -0.509. The number of rotatable bonds is 4. The maximum absolute atomic E-state index is 12.9. The van der Waals surface area contributed by atoms with Gasteiger partial charge in [0.2, 0.25) is 17.6 Å². The Kier molecular flexibility index (Phi) is 6.05. The van der Waals surface area contributed by atoms with E-state index in [2.05, 4.69) is 15.0 Å². The van der Waals surface area contributed by atoms with Gasteiger partial charge in [-0.25, -0.2) is 0 Å². The zero-order valence-electron chi connectivity index (χ0n) is 16.4. The normalized spacial score (nSPS) is 21.0. The van der Waals surface area contributed by atoms with E-state index in [4.69, 9.17) is 9.26 Å². The highest BCUT2D eigenvalue weighted by molar-refractivity contribution is 5.79. The van der Waals surface area contributed by atoms with Gasteiger partial charge in [-0.3, -0.25) is 9.69 Å². The van der Waals surface area contributed by atoms with Crippen LogP contribution in [0.1, 0.15) is 24.3 Å². The van der Waals surface area contributed by atoms with Gasteiger partial charge in [0.05, 0.1) is 31.2 Å². The van der Waals surface area contributed by atoms with Gasteiger partial charge in [0.25, 0.3) is 0 Å². The van der Waals surface area contributed by atoms with E-state index in [-0.39, 0.29) is 23.2 Å². The van der Waals surface area contributed by atoms with Crippen molar-refractivity contribution in [1.29, 1.82) is 0 Å². The number of ether oxygens (including phenoxy) is 1. The first kappa shape index (κ1) is 20.8. The van der Waals surface area contributed by atoms with Crippen molar-refractivity contribution in [2.45, 2.75) is 25.6 Å². The van der Waals surface area contributed by atoms with Crippen LogP contribution < -0.4 is 0 Å². The standard InChI is InChI=1S/C20H23F3N4O3/c21-20(22,23)16-5-1-3-14(11-16)18-24-17(30-25-18)13-26-6-2-4-15(12-26)19(28)27-7-9-29-10-8-27/h1,3,5,11,15H,2,4,6-10,12-13H2. The molecule has 4 rings (SSSR count). The molecule has 2 aliphatic heterocycles. The molecule has 0 spiro atoms. The summed E-state index contributed by atoms with van der Waals surface area (Å²) in [6, 6.07) is 4.85. The fourth-order valence-corrected chi connectivity index (χ4v) is 3.90. The third kappa shape index (κ3) is 4.81. The van der Waals surface area contributed by atoms with E-state index >= 15 is 0 Å². The second-order valence-corrected chi connectivity index (χ2v) is 7.60. The minimum Gasteiger partial charge on any atom is -0.378 e. The van der Waals surface area contributed by atoms with Crippen molar-refractivity contribution in [3.63, 3.8) is 0 Å². The number of piperidine rings is 1. The van der Waals surface area contributed by atoms with Gasteiger partial charge in [-0.1, -0.05) is 17.3 Å². The molecule has 3 heterocycles. The lowest BCUT2D eigenvalue weighted by Crippen LogP contribution is -2.48. The molecule has 1 atom stereocenters. The molecule has 0 radical (unpaired) electrons. The Balaban J connectivity index is 1.39. The number of likely N-dealkylation sites (tertiary alicyclic amines) is 1. The van der Waals surface area contributed by atoms with Crippen molar-refractivity contribution in [1.82, 2.24) is 19.9 Å². The zero-order valence-corrected chi connectivity index (χ0v) is 16.4. The van der Waals surface area contributed by atoms with Crippen LogP contribution in [0.3, 0.4) is 0 Å². The average Bonchev–Trinajstić information content (AvgIpc) is 3.22. The lowest BCUT2D eigenvalue weighted by atomic mass is 9.96. The number of amides is 1. The lowest BCUT2D eigenvalue weighted by molar-refractivity contribution is -0.141. The molecule has 0 aliphatic carbocycles. The van der Waals surface area contributed by atoms with Crippen LogP contribution in [0.4, 0.5) is 13.2 Å². The molecule has 162 valence electrons. The fraction of sp³-hybridized carbons (Fsp3) is 0.550. The van der Waals surface area contributed by atoms with Crippen LogP contribution in [0.25, 0.3) is 11.4 Å². The molecule has 1 aromatic carbocycles. The van der Waals surface area contributed by atoms with Crippen molar-refractivity contribution in [2.24, 2.45) is 5.92 Å². The summed E-state index contributed by atoms with van der Waals surface area (Å²) in [4.78, 5) is 20.9. The van der Waals surface area contributed by atoms with Crippen LogP contribution >= 0.6 is 0 Å². The number of halogens is 3. The van der Waals surface area contributed by atoms with Gasteiger partial charge in [-0.2, -0.15) is 18.2 Å². The molecular weight excluding hydrogens is 401 g/mol. The molecule has 0 saturated carbocycles. The Hall–Kier alpha value is -2.46. The van der Waals surface area contributed by atoms with Crippen LogP contribution in [0.2, 0.25) is 0 Å². The predicted octanol–water partition coefficient (Wildman–Crippen LogP) is 2.83. The van der Waals surface area contributed by atoms with Crippen LogP contribution in [0.15, 0.2) is 28.8 Å². The molecule has 10 heteroatoms. The number of alkyl halides is 3. The van der Waals surface area contributed by atoms with E-state index in [1.54, 1.807) is 0 Å². The van der Waals surface area contributed by atoms with Gasteiger partial charge in [-0.15, -0.1) is 0 Å². The molecule has 1 aromatic heterocycles. The Morgan fingerprint density at radius 3 is 2.77 bits per heavy atom. The predicted molar refractivity (Wildman–Crippen MR) is 100 cm³/mol. The summed E-state index contributed by atoms with van der Waals surface area (Å²) in [6.45, 7) is 4.15. The van der Waals surface area contributed by atoms with Crippen LogP contribution in [-0.2, 0) is 22.3 Å². The van der Waals surface area contributed by atoms with E-state index < -0.39 is 11.7 Å². The summed E-state index contributed by atoms with van der Waals surface area (Å²) >= 11 is 0. The van der Waals surface area contributed by atoms with Crippen molar-refractivity contribution in [3.8, 4) is 11.4 Å². The number of benzene rings is 1. The van der Waals surface area contributed by atoms with Crippen LogP contribution in [0, 0.1) is 5.92 Å². The van der Waals surface area contributed by atoms with Gasteiger partial charge >= 0.3 is 6.18 Å². The molecular formula is C20H23F3N4O3. The quantitative estimate of drug-likeness (QED) is 0.752. The SMILES string of the molecule is O=C(C1CCCN(Cc2nc(-c3cccc(C(F)(F)F)c3)no2)C1)N1CCOCC1. The number of carbonyl (C=O) groups is 1. The smallest absolute Gasteiger partial charge is 0.378 e. The zero-order chi connectivity index (χ0) is 21.1. The first-order valence-corrected chi connectivity index (χ1v) is 9.99. The molecule has 2 aromatic rings. The largest absolute Gasteiger partial charge is 0.416 e. The van der Waals surface area contributed by atoms with E-state index in [0.717, 1.165) is 31.5 Å². The molecule has 2 aliphatic rings. The van der Waals surface area contributed by atoms with E-state index in [1.165, 1.54) is 12.1 Å². The Morgan fingerprint density at radius 2 is 2.00 bits per heavy atom. The van der Waals surface area contributed by atoms with E-state index in [0.29, 0.717) is 45.3 Å². The average molecular weight is 424 g/mol. The maximum atomic E-state index is 12.9. The minimum absolute atomic E-state index is 0.0808. The van der Waals surface area contributed by atoms with Crippen molar-refractivity contribution in [3.05, 3.63) is 35.7 Å². The summed E-state index contributed by atoms with van der Waals surface area (Å²) in [5, 5.41) is 3.83. The van der Waals surface area contributed by atoms with Gasteiger partial charge in [0.1, 0.15) is 0 Å². The molecule has 1 unspecified atom stereocenters. The van der Waals surface area contributed by atoms with Crippen molar-refractivity contribution in [2.75, 3.05) is 39.4 Å². The second-order valence-electron chi connectivity index (χ2n) is 7.60. The summed E-state index contributed by atoms with van der Waals surface area (Å²) < 4.78 is 49.3. The summed E-state index contributed by atoms with van der Waals surface area (Å²) in [7, 11) is 0. The Labute approximate surface area is 171 Å². The van der Waals surface area contributed by atoms with E-state index in [9.17, 15) is 18.0 Å². The first-order chi connectivity index (χ1) is 14.4. The Morgan fingerprint density at radius 1 is 1.20 bits per heavy atom. The molecule has 7 nitrogen and oxygen atoms in total. The van der Waals surface area contributed by atoms with Gasteiger partial charge in [-0.05, 0) is 31.5 Å². The molecule has 0 bridgehead atoms. The minimum atomic E-state index is -4.43. The number of hydrogen-bond acceptors (Lipinski definition) is 6. The number of carbonyl (C=O) groups excluding carboxylic acids is 1. The maximum Gasteiger partial charge on any atom is 0.416 e. The van der Waals surface area contributed by atoms with Crippen molar-refractivity contribution >= 4 is 5.91 Å². The van der Waals surface area contributed by atoms with Gasteiger partial charge in [0.15, 0.2) is 0 Å². The van der Waals surface area contributed by atoms with Gasteiger partial charge < -0.3 is 14.2 Å². The third-order valence-electron chi connectivity index (χ3n) is 5.45. The molecule has 1 amide bonds. The lowest BCUT2D eigenvalue weighted by Gasteiger charge is -2.35. The van der Waals surface area contributed by atoms with Gasteiger partial charge in [0, 0.05) is 25.2 Å². The highest BCUT2D eigenvalue weighted by Crippen LogP contribution is 2.31. The topological polar surface area (TPSA) is 71.7 Å².